The van der Waals surface area contributed by atoms with E-state index < -0.39 is 0 Å². The third kappa shape index (κ3) is 3.79. The SMILES string of the molecule is COC(=O)CSC1CCN(C(=O)c2cc(-c3ccccc3)n[nH]2)C1. The number of likely N-dealkylation sites (tertiary alicyclic amines) is 1. The Balaban J connectivity index is 1.59. The summed E-state index contributed by atoms with van der Waals surface area (Å²) in [5.41, 5.74) is 2.22. The Labute approximate surface area is 144 Å². The molecule has 1 aliphatic rings. The van der Waals surface area contributed by atoms with E-state index in [1.54, 1.807) is 22.7 Å². The van der Waals surface area contributed by atoms with Crippen LogP contribution >= 0.6 is 11.8 Å². The minimum absolute atomic E-state index is 0.0501. The van der Waals surface area contributed by atoms with Crippen molar-refractivity contribution in [2.75, 3.05) is 26.0 Å². The highest BCUT2D eigenvalue weighted by Crippen LogP contribution is 2.24. The molecule has 1 amide bonds. The molecule has 1 aliphatic heterocycles. The molecule has 1 unspecified atom stereocenters. The summed E-state index contributed by atoms with van der Waals surface area (Å²) in [6, 6.07) is 11.5. The van der Waals surface area contributed by atoms with E-state index in [0.29, 0.717) is 24.5 Å². The largest absolute Gasteiger partial charge is 0.468 e. The Morgan fingerprint density at radius 3 is 2.92 bits per heavy atom. The van der Waals surface area contributed by atoms with Gasteiger partial charge in [-0.25, -0.2) is 0 Å². The van der Waals surface area contributed by atoms with Gasteiger partial charge in [0, 0.05) is 23.9 Å². The van der Waals surface area contributed by atoms with Gasteiger partial charge in [-0.05, 0) is 12.5 Å². The van der Waals surface area contributed by atoms with E-state index in [0.717, 1.165) is 17.7 Å². The Morgan fingerprint density at radius 1 is 1.38 bits per heavy atom. The monoisotopic (exact) mass is 345 g/mol. The summed E-state index contributed by atoms with van der Waals surface area (Å²) in [4.78, 5) is 25.6. The number of hydrogen-bond donors (Lipinski definition) is 1. The van der Waals surface area contributed by atoms with Gasteiger partial charge >= 0.3 is 5.97 Å². The molecule has 24 heavy (non-hydrogen) atoms. The van der Waals surface area contributed by atoms with E-state index in [9.17, 15) is 9.59 Å². The first-order valence-electron chi connectivity index (χ1n) is 7.76. The van der Waals surface area contributed by atoms with Gasteiger partial charge in [0.05, 0.1) is 18.6 Å². The van der Waals surface area contributed by atoms with Crippen molar-refractivity contribution in [3.63, 3.8) is 0 Å². The van der Waals surface area contributed by atoms with Gasteiger partial charge in [-0.2, -0.15) is 5.10 Å². The van der Waals surface area contributed by atoms with Crippen LogP contribution in [0.25, 0.3) is 11.3 Å². The number of carbonyl (C=O) groups excluding carboxylic acids is 2. The summed E-state index contributed by atoms with van der Waals surface area (Å²) >= 11 is 1.54. The molecule has 0 aliphatic carbocycles. The average molecular weight is 345 g/mol. The standard InChI is InChI=1S/C17H19N3O3S/c1-23-16(21)11-24-13-7-8-20(10-13)17(22)15-9-14(18-19-15)12-5-3-2-4-6-12/h2-6,9,13H,7-8,10-11H2,1H3,(H,18,19). The van der Waals surface area contributed by atoms with Crippen LogP contribution in [0.4, 0.5) is 0 Å². The van der Waals surface area contributed by atoms with Crippen molar-refractivity contribution in [1.29, 1.82) is 0 Å². The van der Waals surface area contributed by atoms with Crippen LogP contribution in [-0.2, 0) is 9.53 Å². The minimum Gasteiger partial charge on any atom is -0.468 e. The maximum Gasteiger partial charge on any atom is 0.315 e. The molecule has 2 heterocycles. The number of aromatic nitrogens is 2. The first-order valence-corrected chi connectivity index (χ1v) is 8.81. The number of ether oxygens (including phenoxy) is 1. The van der Waals surface area contributed by atoms with Gasteiger partial charge in [-0.3, -0.25) is 14.7 Å². The Morgan fingerprint density at radius 2 is 2.17 bits per heavy atom. The lowest BCUT2D eigenvalue weighted by molar-refractivity contribution is -0.137. The highest BCUT2D eigenvalue weighted by Gasteiger charge is 2.28. The maximum atomic E-state index is 12.6. The van der Waals surface area contributed by atoms with Crippen molar-refractivity contribution >= 4 is 23.6 Å². The summed E-state index contributed by atoms with van der Waals surface area (Å²) in [5.74, 6) is 0.0440. The van der Waals surface area contributed by atoms with E-state index in [1.807, 2.05) is 30.3 Å². The van der Waals surface area contributed by atoms with Crippen molar-refractivity contribution in [2.45, 2.75) is 11.7 Å². The van der Waals surface area contributed by atoms with Crippen LogP contribution in [0.15, 0.2) is 36.4 Å². The number of benzene rings is 1. The number of nitrogens with zero attached hydrogens (tertiary/aromatic N) is 2. The molecule has 6 nitrogen and oxygen atoms in total. The normalized spacial score (nSPS) is 17.0. The summed E-state index contributed by atoms with van der Waals surface area (Å²) in [6.45, 7) is 1.33. The first kappa shape index (κ1) is 16.6. The molecular weight excluding hydrogens is 326 g/mol. The van der Waals surface area contributed by atoms with Gasteiger partial charge in [0.2, 0.25) is 0 Å². The molecule has 1 saturated heterocycles. The molecule has 2 aromatic rings. The topological polar surface area (TPSA) is 75.3 Å². The highest BCUT2D eigenvalue weighted by molar-refractivity contribution is 8.00. The fourth-order valence-electron chi connectivity index (χ4n) is 2.65. The number of rotatable bonds is 5. The van der Waals surface area contributed by atoms with Crippen molar-refractivity contribution < 1.29 is 14.3 Å². The number of thioether (sulfide) groups is 1. The summed E-state index contributed by atoms with van der Waals surface area (Å²) in [6.07, 6.45) is 0.882. The zero-order chi connectivity index (χ0) is 16.9. The molecule has 0 saturated carbocycles. The van der Waals surface area contributed by atoms with E-state index in [1.165, 1.54) is 7.11 Å². The van der Waals surface area contributed by atoms with Crippen LogP contribution in [0.2, 0.25) is 0 Å². The number of hydrogen-bond acceptors (Lipinski definition) is 5. The van der Waals surface area contributed by atoms with Crippen LogP contribution in [0.5, 0.6) is 0 Å². The smallest absolute Gasteiger partial charge is 0.315 e. The van der Waals surface area contributed by atoms with E-state index in [-0.39, 0.29) is 17.1 Å². The number of H-pyrrole nitrogens is 1. The van der Waals surface area contributed by atoms with Crippen molar-refractivity contribution in [2.24, 2.45) is 0 Å². The number of methoxy groups -OCH3 is 1. The van der Waals surface area contributed by atoms with Crippen LogP contribution in [0, 0.1) is 0 Å². The van der Waals surface area contributed by atoms with E-state index in [2.05, 4.69) is 14.9 Å². The molecule has 1 aromatic heterocycles. The second kappa shape index (κ2) is 7.53. The third-order valence-corrected chi connectivity index (χ3v) is 5.23. The predicted molar refractivity (Wildman–Crippen MR) is 92.8 cm³/mol. The number of carbonyl (C=O) groups is 2. The zero-order valence-electron chi connectivity index (χ0n) is 13.4. The lowest BCUT2D eigenvalue weighted by atomic mass is 10.1. The lowest BCUT2D eigenvalue weighted by Gasteiger charge is -2.15. The minimum atomic E-state index is -0.231. The molecule has 0 spiro atoms. The van der Waals surface area contributed by atoms with Crippen LogP contribution in [0.1, 0.15) is 16.9 Å². The number of aromatic amines is 1. The second-order valence-electron chi connectivity index (χ2n) is 5.58. The van der Waals surface area contributed by atoms with Gasteiger partial charge in [0.15, 0.2) is 0 Å². The quantitative estimate of drug-likeness (QED) is 0.841. The first-order chi connectivity index (χ1) is 11.7. The highest BCUT2D eigenvalue weighted by atomic mass is 32.2. The van der Waals surface area contributed by atoms with E-state index >= 15 is 0 Å². The molecule has 0 radical (unpaired) electrons. The zero-order valence-corrected chi connectivity index (χ0v) is 14.2. The second-order valence-corrected chi connectivity index (χ2v) is 6.87. The van der Waals surface area contributed by atoms with Gasteiger partial charge in [0.1, 0.15) is 5.69 Å². The Kier molecular flexibility index (Phi) is 5.20. The summed E-state index contributed by atoms with van der Waals surface area (Å²) in [7, 11) is 1.38. The van der Waals surface area contributed by atoms with Gasteiger partial charge in [0.25, 0.3) is 5.91 Å². The molecular formula is C17H19N3O3S. The average Bonchev–Trinajstić information content (AvgIpc) is 3.29. The van der Waals surface area contributed by atoms with Gasteiger partial charge in [-0.1, -0.05) is 30.3 Å². The summed E-state index contributed by atoms with van der Waals surface area (Å²) < 4.78 is 4.64. The number of nitrogens with one attached hydrogen (secondary N) is 1. The van der Waals surface area contributed by atoms with Crippen molar-refractivity contribution in [1.82, 2.24) is 15.1 Å². The van der Waals surface area contributed by atoms with Crippen LogP contribution in [0.3, 0.4) is 0 Å². The molecule has 126 valence electrons. The Bertz CT molecular complexity index is 717. The van der Waals surface area contributed by atoms with Crippen molar-refractivity contribution in [3.8, 4) is 11.3 Å². The summed E-state index contributed by atoms with van der Waals surface area (Å²) in [5, 5.41) is 7.33. The maximum absolute atomic E-state index is 12.6. The predicted octanol–water partition coefficient (Wildman–Crippen LogP) is 2.20. The Hall–Kier alpha value is -2.28. The molecule has 1 aromatic carbocycles. The molecule has 7 heteroatoms. The lowest BCUT2D eigenvalue weighted by Crippen LogP contribution is -2.29. The number of amides is 1. The third-order valence-electron chi connectivity index (χ3n) is 3.97. The molecule has 0 bridgehead atoms. The van der Waals surface area contributed by atoms with Crippen molar-refractivity contribution in [3.05, 3.63) is 42.1 Å². The molecule has 1 N–H and O–H groups in total. The van der Waals surface area contributed by atoms with Crippen LogP contribution in [-0.4, -0.2) is 58.2 Å². The van der Waals surface area contributed by atoms with Gasteiger partial charge < -0.3 is 9.64 Å². The molecule has 3 rings (SSSR count). The van der Waals surface area contributed by atoms with E-state index in [4.69, 9.17) is 0 Å². The molecule has 1 fully saturated rings. The fraction of sp³-hybridized carbons (Fsp3) is 0.353. The number of esters is 1. The molecule has 1 atom stereocenters. The fourth-order valence-corrected chi connectivity index (χ4v) is 3.70. The van der Waals surface area contributed by atoms with Crippen LogP contribution < -0.4 is 0 Å². The van der Waals surface area contributed by atoms with Gasteiger partial charge in [-0.15, -0.1) is 11.8 Å².